The minimum atomic E-state index is -0.238. The van der Waals surface area contributed by atoms with E-state index in [1.165, 1.54) is 60.9 Å². The molecule has 0 saturated carbocycles. The molecule has 1 unspecified atom stereocenters. The first-order chi connectivity index (χ1) is 27.0. The van der Waals surface area contributed by atoms with E-state index in [2.05, 4.69) is 161 Å². The number of benzene rings is 4. The average molecular weight is 754 g/mol. The Balaban J connectivity index is 0.000000989. The smallest absolute Gasteiger partial charge is 0.210 e. The molecule has 1 atom stereocenters. The van der Waals surface area contributed by atoms with Crippen molar-refractivity contribution in [3.8, 4) is 0 Å². The highest BCUT2D eigenvalue weighted by Crippen LogP contribution is 2.51. The van der Waals surface area contributed by atoms with Crippen molar-refractivity contribution in [1.82, 2.24) is 0 Å². The predicted molar refractivity (Wildman–Crippen MR) is 249 cm³/mol. The highest BCUT2D eigenvalue weighted by Gasteiger charge is 2.44. The summed E-state index contributed by atoms with van der Waals surface area (Å²) in [4.78, 5) is 15.7. The van der Waals surface area contributed by atoms with Crippen LogP contribution >= 0.6 is 0 Å². The van der Waals surface area contributed by atoms with E-state index in [1.54, 1.807) is 0 Å². The van der Waals surface area contributed by atoms with E-state index in [4.69, 9.17) is 0 Å². The van der Waals surface area contributed by atoms with Crippen molar-refractivity contribution >= 4 is 44.4 Å². The van der Waals surface area contributed by atoms with Gasteiger partial charge in [-0.2, -0.15) is 4.58 Å². The van der Waals surface area contributed by atoms with Gasteiger partial charge >= 0.3 is 0 Å². The number of carbonyl (C=O) groups is 1. The molecule has 3 aliphatic rings. The molecule has 0 aromatic heterocycles. The number of fused-ring (bicyclic) bond motifs is 6. The second-order valence-electron chi connectivity index (χ2n) is 15.1. The molecule has 300 valence electrons. The molecule has 0 bridgehead atoms. The van der Waals surface area contributed by atoms with E-state index >= 15 is 0 Å². The van der Waals surface area contributed by atoms with E-state index in [9.17, 15) is 4.79 Å². The Morgan fingerprint density at radius 2 is 1.30 bits per heavy atom. The van der Waals surface area contributed by atoms with Gasteiger partial charge < -0.3 is 4.90 Å². The normalized spacial score (nSPS) is 18.1. The largest absolute Gasteiger partial charge is 0.337 e. The first-order valence-electron chi connectivity index (χ1n) is 21.8. The lowest BCUT2D eigenvalue weighted by Crippen LogP contribution is -2.33. The van der Waals surface area contributed by atoms with Crippen LogP contribution in [0.4, 0.5) is 11.4 Å². The number of allylic oxidation sites excluding steroid dienone is 8. The van der Waals surface area contributed by atoms with Crippen LogP contribution < -0.4 is 4.90 Å². The van der Waals surface area contributed by atoms with Crippen LogP contribution in [0, 0.1) is 5.92 Å². The van der Waals surface area contributed by atoms with E-state index in [1.807, 2.05) is 55.4 Å². The van der Waals surface area contributed by atoms with Gasteiger partial charge in [0.2, 0.25) is 5.69 Å². The van der Waals surface area contributed by atoms with Gasteiger partial charge in [-0.25, -0.2) is 0 Å². The van der Waals surface area contributed by atoms with Gasteiger partial charge in [-0.05, 0) is 96.0 Å². The third-order valence-electron chi connectivity index (χ3n) is 11.3. The molecule has 0 fully saturated rings. The van der Waals surface area contributed by atoms with Crippen LogP contribution in [0.3, 0.4) is 0 Å². The van der Waals surface area contributed by atoms with E-state index < -0.39 is 0 Å². The lowest BCUT2D eigenvalue weighted by molar-refractivity contribution is -0.401. The van der Waals surface area contributed by atoms with Crippen LogP contribution in [0.5, 0.6) is 0 Å². The van der Waals surface area contributed by atoms with Crippen LogP contribution in [-0.2, 0) is 15.6 Å². The van der Waals surface area contributed by atoms with Crippen LogP contribution in [0.2, 0.25) is 0 Å². The first kappa shape index (κ1) is 45.9. The zero-order chi connectivity index (χ0) is 41.8. The second-order valence-corrected chi connectivity index (χ2v) is 15.1. The highest BCUT2D eigenvalue weighted by atomic mass is 16.1. The number of hydrogen-bond acceptors (Lipinski definition) is 2. The maximum Gasteiger partial charge on any atom is 0.210 e. The standard InChI is InChI=1S/C45H49N2O.4C2H6/c1-8-30(2)39(48)29-47-38-25-23-34-17-10-12-19-36(34)43(38)45(5,6)41(47)27-21-32-15-13-14-31(28-32)20-26-40-44(3,4)42-35-18-11-9-16-33(35)22-24-37(42)46(40)7;4*1-2/h9-12,16-28,30H,8,13-15,29H2,1-7H3;4*1-2H3/q+1;;;;. The van der Waals surface area contributed by atoms with Crippen molar-refractivity contribution in [1.29, 1.82) is 0 Å². The summed E-state index contributed by atoms with van der Waals surface area (Å²) in [7, 11) is 2.21. The number of rotatable bonds is 7. The minimum Gasteiger partial charge on any atom is -0.337 e. The van der Waals surface area contributed by atoms with Crippen molar-refractivity contribution in [2.75, 3.05) is 18.5 Å². The molecule has 3 heteroatoms. The second kappa shape index (κ2) is 20.6. The third-order valence-corrected chi connectivity index (χ3v) is 11.3. The molecule has 56 heavy (non-hydrogen) atoms. The molecule has 7 rings (SSSR count). The highest BCUT2D eigenvalue weighted by molar-refractivity contribution is 6.07. The van der Waals surface area contributed by atoms with Crippen molar-refractivity contribution in [3.05, 3.63) is 131 Å². The zero-order valence-electron chi connectivity index (χ0n) is 37.7. The molecular formula is C53H73N2O+. The fourth-order valence-electron chi connectivity index (χ4n) is 8.45. The number of anilines is 1. The average Bonchev–Trinajstić information content (AvgIpc) is 3.58. The van der Waals surface area contributed by atoms with Crippen molar-refractivity contribution < 1.29 is 9.37 Å². The molecular weight excluding hydrogens is 681 g/mol. The van der Waals surface area contributed by atoms with E-state index in [0.29, 0.717) is 12.3 Å². The van der Waals surface area contributed by atoms with Crippen molar-refractivity contribution in [2.45, 2.75) is 133 Å². The molecule has 2 aliphatic heterocycles. The Morgan fingerprint density at radius 3 is 1.91 bits per heavy atom. The minimum absolute atomic E-state index is 0.0427. The topological polar surface area (TPSA) is 23.3 Å². The molecule has 0 amide bonds. The summed E-state index contributed by atoms with van der Waals surface area (Å²) in [5.74, 6) is 0.339. The predicted octanol–water partition coefficient (Wildman–Crippen LogP) is 15.0. The third kappa shape index (κ3) is 9.04. The number of Topliss-reactive ketones (excluding diaryl/α,β-unsaturated/α-hetero) is 1. The van der Waals surface area contributed by atoms with Crippen molar-refractivity contribution in [3.63, 3.8) is 0 Å². The Hall–Kier alpha value is -4.50. The number of hydrogen-bond donors (Lipinski definition) is 0. The summed E-state index contributed by atoms with van der Waals surface area (Å²) in [5.41, 5.74) is 10.1. The fraction of sp³-hybridized carbons (Fsp3) is 0.434. The molecule has 0 radical (unpaired) electrons. The number of carbonyl (C=O) groups excluding carboxylic acids is 1. The molecule has 2 heterocycles. The number of ketones is 1. The quantitative estimate of drug-likeness (QED) is 0.175. The summed E-state index contributed by atoms with van der Waals surface area (Å²) in [5, 5.41) is 5.16. The van der Waals surface area contributed by atoms with Gasteiger partial charge in [-0.3, -0.25) is 4.79 Å². The molecule has 1 aliphatic carbocycles. The summed E-state index contributed by atoms with van der Waals surface area (Å²) in [6, 6.07) is 26.4. The van der Waals surface area contributed by atoms with Crippen LogP contribution in [0.15, 0.2) is 120 Å². The monoisotopic (exact) mass is 754 g/mol. The summed E-state index contributed by atoms with van der Waals surface area (Å²) in [6.07, 6.45) is 15.8. The maximum absolute atomic E-state index is 13.4. The first-order valence-corrected chi connectivity index (χ1v) is 21.8. The molecule has 0 saturated heterocycles. The SMILES string of the molecule is CC.CC.CC.CC.CCC(C)C(=O)CN1/C(=C/C=C2C=C(/C=C/C3=[N+](C)c4ccc5ccccc5c4C3(C)C)CCC/2)C(C)(C)c2c1ccc1ccccc21. The molecule has 0 N–H and O–H groups in total. The van der Waals surface area contributed by atoms with Crippen LogP contribution in [0.25, 0.3) is 21.5 Å². The van der Waals surface area contributed by atoms with Gasteiger partial charge in [-0.15, -0.1) is 0 Å². The van der Waals surface area contributed by atoms with Crippen LogP contribution in [0.1, 0.15) is 134 Å². The molecule has 4 aromatic carbocycles. The zero-order valence-corrected chi connectivity index (χ0v) is 37.7. The van der Waals surface area contributed by atoms with Gasteiger partial charge in [0, 0.05) is 40.4 Å². The van der Waals surface area contributed by atoms with E-state index in [0.717, 1.165) is 31.4 Å². The van der Waals surface area contributed by atoms with Crippen molar-refractivity contribution in [2.24, 2.45) is 5.92 Å². The summed E-state index contributed by atoms with van der Waals surface area (Å²) < 4.78 is 2.38. The summed E-state index contributed by atoms with van der Waals surface area (Å²) >= 11 is 0. The van der Waals surface area contributed by atoms with Gasteiger partial charge in [-0.1, -0.05) is 156 Å². The van der Waals surface area contributed by atoms with Crippen LogP contribution in [-0.4, -0.2) is 29.7 Å². The Labute approximate surface area is 341 Å². The maximum atomic E-state index is 13.4. The van der Waals surface area contributed by atoms with Gasteiger partial charge in [0.25, 0.3) is 0 Å². The molecule has 0 spiro atoms. The van der Waals surface area contributed by atoms with Gasteiger partial charge in [0.1, 0.15) is 7.05 Å². The van der Waals surface area contributed by atoms with E-state index in [-0.39, 0.29) is 16.7 Å². The van der Waals surface area contributed by atoms with Gasteiger partial charge in [0.05, 0.1) is 12.0 Å². The van der Waals surface area contributed by atoms with Gasteiger partial charge in [0.15, 0.2) is 11.5 Å². The Morgan fingerprint density at radius 1 is 0.732 bits per heavy atom. The number of nitrogens with zero attached hydrogens (tertiary/aromatic N) is 2. The fourth-order valence-corrected chi connectivity index (χ4v) is 8.45. The molecule has 3 nitrogen and oxygen atoms in total. The Bertz CT molecular complexity index is 2120. The lowest BCUT2D eigenvalue weighted by atomic mass is 9.79. The summed E-state index contributed by atoms with van der Waals surface area (Å²) in [6.45, 7) is 29.9. The molecule has 4 aromatic rings. The lowest BCUT2D eigenvalue weighted by Gasteiger charge is -2.27. The Kier molecular flexibility index (Phi) is 16.9.